The number of halogens is 3. The summed E-state index contributed by atoms with van der Waals surface area (Å²) in [7, 11) is 1.50. The highest BCUT2D eigenvalue weighted by Crippen LogP contribution is 2.34. The number of hydrogen-bond acceptors (Lipinski definition) is 5. The van der Waals surface area contributed by atoms with E-state index < -0.39 is 35.0 Å². The molecule has 1 amide bonds. The van der Waals surface area contributed by atoms with E-state index in [1.165, 1.54) is 42.3 Å². The molecule has 1 aliphatic rings. The van der Waals surface area contributed by atoms with E-state index in [0.717, 1.165) is 12.1 Å². The van der Waals surface area contributed by atoms with Crippen LogP contribution >= 0.6 is 0 Å². The molecule has 2 aromatic heterocycles. The maximum atomic E-state index is 14.0. The van der Waals surface area contributed by atoms with Crippen molar-refractivity contribution in [2.45, 2.75) is 12.6 Å². The number of pyridine rings is 1. The average molecular weight is 455 g/mol. The third-order valence-corrected chi connectivity index (χ3v) is 5.69. The highest BCUT2D eigenvalue weighted by molar-refractivity contribution is 5.93. The number of H-pyrrole nitrogens is 1. The zero-order valence-corrected chi connectivity index (χ0v) is 17.2. The first-order valence-corrected chi connectivity index (χ1v) is 9.95. The van der Waals surface area contributed by atoms with Crippen molar-refractivity contribution in [3.63, 3.8) is 0 Å². The maximum Gasteiger partial charge on any atom is 0.292 e. The number of ether oxygens (including phenoxy) is 1. The summed E-state index contributed by atoms with van der Waals surface area (Å²) in [5.74, 6) is -3.27. The largest absolute Gasteiger partial charge is 0.373 e. The SMILES string of the molecule is CN(C(=O)c1cc(-c2ccc(F)cc2)no1)C1COCc2[nH]c(=O)c3cc(F)c(F)cc3c21. The number of nitrogens with zero attached hydrogens (tertiary/aromatic N) is 2. The van der Waals surface area contributed by atoms with Gasteiger partial charge in [-0.25, -0.2) is 13.2 Å². The van der Waals surface area contributed by atoms with Gasteiger partial charge in [0.05, 0.1) is 24.6 Å². The molecule has 168 valence electrons. The molecule has 3 heterocycles. The molecule has 1 unspecified atom stereocenters. The van der Waals surface area contributed by atoms with Gasteiger partial charge in [0.1, 0.15) is 11.5 Å². The molecule has 2 aromatic carbocycles. The van der Waals surface area contributed by atoms with E-state index in [9.17, 15) is 22.8 Å². The summed E-state index contributed by atoms with van der Waals surface area (Å²) >= 11 is 0. The Hall–Kier alpha value is -3.92. The van der Waals surface area contributed by atoms with Crippen molar-refractivity contribution in [1.82, 2.24) is 15.0 Å². The number of carbonyl (C=O) groups is 1. The lowest BCUT2D eigenvalue weighted by atomic mass is 9.95. The maximum absolute atomic E-state index is 14.0. The van der Waals surface area contributed by atoms with E-state index >= 15 is 0 Å². The predicted molar refractivity (Wildman–Crippen MR) is 111 cm³/mol. The minimum atomic E-state index is -1.14. The van der Waals surface area contributed by atoms with Gasteiger partial charge in [0, 0.05) is 29.9 Å². The highest BCUT2D eigenvalue weighted by Gasteiger charge is 2.32. The van der Waals surface area contributed by atoms with Gasteiger partial charge in [0.25, 0.3) is 11.5 Å². The third kappa shape index (κ3) is 3.58. The minimum Gasteiger partial charge on any atom is -0.373 e. The van der Waals surface area contributed by atoms with E-state index in [4.69, 9.17) is 9.26 Å². The molecular weight excluding hydrogens is 439 g/mol. The van der Waals surface area contributed by atoms with Crippen molar-refractivity contribution >= 4 is 16.7 Å². The minimum absolute atomic E-state index is 0.0290. The lowest BCUT2D eigenvalue weighted by molar-refractivity contribution is 0.0314. The quantitative estimate of drug-likeness (QED) is 0.506. The molecule has 1 N–H and O–H groups in total. The van der Waals surface area contributed by atoms with Crippen LogP contribution in [-0.2, 0) is 11.3 Å². The van der Waals surface area contributed by atoms with Crippen LogP contribution in [0.5, 0.6) is 0 Å². The monoisotopic (exact) mass is 455 g/mol. The first kappa shape index (κ1) is 21.0. The van der Waals surface area contributed by atoms with Crippen molar-refractivity contribution in [1.29, 1.82) is 0 Å². The van der Waals surface area contributed by atoms with E-state index in [1.807, 2.05) is 0 Å². The first-order chi connectivity index (χ1) is 15.8. The van der Waals surface area contributed by atoms with Gasteiger partial charge in [-0.2, -0.15) is 0 Å². The zero-order chi connectivity index (χ0) is 23.3. The molecule has 0 saturated heterocycles. The van der Waals surface area contributed by atoms with E-state index in [-0.39, 0.29) is 29.7 Å². The molecule has 0 bridgehead atoms. The van der Waals surface area contributed by atoms with E-state index in [0.29, 0.717) is 22.5 Å². The molecule has 33 heavy (non-hydrogen) atoms. The number of hydrogen-bond donors (Lipinski definition) is 1. The Morgan fingerprint density at radius 2 is 1.79 bits per heavy atom. The summed E-state index contributed by atoms with van der Waals surface area (Å²) in [6.45, 7) is 0.114. The van der Waals surface area contributed by atoms with Gasteiger partial charge in [-0.15, -0.1) is 0 Å². The molecule has 0 aliphatic carbocycles. The Labute approximate surface area is 184 Å². The van der Waals surface area contributed by atoms with Crippen LogP contribution in [-0.4, -0.2) is 34.6 Å². The zero-order valence-electron chi connectivity index (χ0n) is 17.2. The molecule has 5 rings (SSSR count). The number of benzene rings is 2. The van der Waals surface area contributed by atoms with E-state index in [2.05, 4.69) is 10.1 Å². The molecule has 0 fully saturated rings. The normalized spacial score (nSPS) is 15.5. The van der Waals surface area contributed by atoms with Crippen LogP contribution in [0.4, 0.5) is 13.2 Å². The topological polar surface area (TPSA) is 88.4 Å². The number of aromatic nitrogens is 2. The number of aromatic amines is 1. The molecule has 1 aliphatic heterocycles. The van der Waals surface area contributed by atoms with Crippen molar-refractivity contribution in [3.05, 3.63) is 87.3 Å². The van der Waals surface area contributed by atoms with Crippen LogP contribution in [0, 0.1) is 17.5 Å². The van der Waals surface area contributed by atoms with Gasteiger partial charge in [-0.3, -0.25) is 9.59 Å². The molecule has 0 spiro atoms. The Morgan fingerprint density at radius 3 is 2.52 bits per heavy atom. The number of nitrogens with one attached hydrogen (secondary N) is 1. The number of fused-ring (bicyclic) bond motifs is 3. The molecular formula is C23H16F3N3O4. The number of carbonyl (C=O) groups excluding carboxylic acids is 1. The predicted octanol–water partition coefficient (Wildman–Crippen LogP) is 3.94. The molecule has 7 nitrogen and oxygen atoms in total. The third-order valence-electron chi connectivity index (χ3n) is 5.69. The van der Waals surface area contributed by atoms with Gasteiger partial charge >= 0.3 is 0 Å². The van der Waals surface area contributed by atoms with Crippen molar-refractivity contribution < 1.29 is 27.2 Å². The molecule has 0 saturated carbocycles. The van der Waals surface area contributed by atoms with Crippen LogP contribution in [0.3, 0.4) is 0 Å². The Morgan fingerprint density at radius 1 is 1.09 bits per heavy atom. The Balaban J connectivity index is 1.53. The number of amides is 1. The van der Waals surface area contributed by atoms with Crippen LogP contribution in [0.2, 0.25) is 0 Å². The molecule has 1 atom stereocenters. The van der Waals surface area contributed by atoms with Crippen LogP contribution in [0.25, 0.3) is 22.0 Å². The fourth-order valence-electron chi connectivity index (χ4n) is 4.00. The van der Waals surface area contributed by atoms with Crippen molar-refractivity contribution in [3.8, 4) is 11.3 Å². The number of likely N-dealkylation sites (N-methyl/N-ethyl adjacent to an activating group) is 1. The van der Waals surface area contributed by atoms with Crippen LogP contribution in [0.15, 0.2) is 51.8 Å². The van der Waals surface area contributed by atoms with Gasteiger partial charge in [0.2, 0.25) is 5.76 Å². The van der Waals surface area contributed by atoms with Crippen molar-refractivity contribution in [2.75, 3.05) is 13.7 Å². The second-order valence-corrected chi connectivity index (χ2v) is 7.69. The fourth-order valence-corrected chi connectivity index (χ4v) is 4.00. The van der Waals surface area contributed by atoms with Gasteiger partial charge in [-0.05, 0) is 41.8 Å². The summed E-state index contributed by atoms with van der Waals surface area (Å²) in [5.41, 5.74) is 1.16. The van der Waals surface area contributed by atoms with Gasteiger partial charge < -0.3 is 19.1 Å². The Bertz CT molecular complexity index is 1450. The average Bonchev–Trinajstić information content (AvgIpc) is 3.30. The van der Waals surface area contributed by atoms with Crippen molar-refractivity contribution in [2.24, 2.45) is 0 Å². The fraction of sp³-hybridized carbons (Fsp3) is 0.174. The summed E-state index contributed by atoms with van der Waals surface area (Å²) in [5, 5.41) is 4.05. The molecule has 0 radical (unpaired) electrons. The summed E-state index contributed by atoms with van der Waals surface area (Å²) in [4.78, 5) is 29.5. The molecule has 10 heteroatoms. The van der Waals surface area contributed by atoms with Gasteiger partial charge in [-0.1, -0.05) is 5.16 Å². The summed E-state index contributed by atoms with van der Waals surface area (Å²) in [6.07, 6.45) is 0. The standard InChI is InChI=1S/C23H16F3N3O4/c1-29(23(31)20-8-17(28-33-20)11-2-4-12(24)5-3-11)19-10-32-9-18-21(19)13-6-15(25)16(26)7-14(13)22(30)27-18/h2-8,19H,9-10H2,1H3,(H,27,30). The van der Waals surface area contributed by atoms with E-state index in [1.54, 1.807) is 0 Å². The smallest absolute Gasteiger partial charge is 0.292 e. The lowest BCUT2D eigenvalue weighted by Crippen LogP contribution is -2.37. The molecule has 4 aromatic rings. The summed E-state index contributed by atoms with van der Waals surface area (Å²) < 4.78 is 51.7. The first-order valence-electron chi connectivity index (χ1n) is 9.95. The second kappa shape index (κ2) is 7.89. The van der Waals surface area contributed by atoms with Crippen LogP contribution in [0.1, 0.15) is 27.9 Å². The van der Waals surface area contributed by atoms with Crippen LogP contribution < -0.4 is 5.56 Å². The van der Waals surface area contributed by atoms with Gasteiger partial charge in [0.15, 0.2) is 11.6 Å². The number of rotatable bonds is 3. The Kier molecular flexibility index (Phi) is 5.01. The highest BCUT2D eigenvalue weighted by atomic mass is 19.2. The lowest BCUT2D eigenvalue weighted by Gasteiger charge is -2.33. The summed E-state index contributed by atoms with van der Waals surface area (Å²) in [6, 6.07) is 8.05. The second-order valence-electron chi connectivity index (χ2n) is 7.69.